The van der Waals surface area contributed by atoms with E-state index in [1.54, 1.807) is 11.3 Å². The molecule has 0 radical (unpaired) electrons. The molecule has 4 N–H and O–H groups in total. The number of nitrogens with zero attached hydrogens (tertiary/aromatic N) is 2. The highest BCUT2D eigenvalue weighted by atomic mass is 32.1. The Morgan fingerprint density at radius 2 is 2.20 bits per heavy atom. The number of fused-ring (bicyclic) bond motifs is 1. The molecular weight excluding hydrogens is 274 g/mol. The summed E-state index contributed by atoms with van der Waals surface area (Å²) in [5.41, 5.74) is 5.11. The minimum absolute atomic E-state index is 0.248. The summed E-state index contributed by atoms with van der Waals surface area (Å²) in [5, 5.41) is 9.48. The Morgan fingerprint density at radius 3 is 2.95 bits per heavy atom. The van der Waals surface area contributed by atoms with E-state index >= 15 is 0 Å². The standard InChI is InChI=1S/C13H19N5OS/c1-2-15-13-17-11(9-6-8-20-12(9)18-13)16-7-4-3-5-10(14)19/h6,8H,2-5,7H2,1H3,(H2,14,19)(H2,15,16,17,18). The van der Waals surface area contributed by atoms with E-state index in [9.17, 15) is 4.79 Å². The van der Waals surface area contributed by atoms with Crippen molar-refractivity contribution in [3.05, 3.63) is 11.4 Å². The van der Waals surface area contributed by atoms with E-state index in [2.05, 4.69) is 20.6 Å². The minimum atomic E-state index is -0.248. The highest BCUT2D eigenvalue weighted by Crippen LogP contribution is 2.26. The molecular formula is C13H19N5OS. The SMILES string of the molecule is CCNc1nc(NCCCCC(N)=O)c2ccsc2n1. The van der Waals surface area contributed by atoms with Crippen LogP contribution in [0.3, 0.4) is 0 Å². The van der Waals surface area contributed by atoms with Crippen LogP contribution < -0.4 is 16.4 Å². The number of rotatable bonds is 8. The summed E-state index contributed by atoms with van der Waals surface area (Å²) in [4.78, 5) is 20.6. The molecule has 0 atom stereocenters. The Labute approximate surface area is 121 Å². The molecule has 7 heteroatoms. The molecule has 2 aromatic rings. The normalized spacial score (nSPS) is 10.7. The third-order valence-corrected chi connectivity index (χ3v) is 3.61. The van der Waals surface area contributed by atoms with Gasteiger partial charge < -0.3 is 16.4 Å². The van der Waals surface area contributed by atoms with Gasteiger partial charge in [-0.05, 0) is 31.2 Å². The maximum Gasteiger partial charge on any atom is 0.226 e. The topological polar surface area (TPSA) is 92.9 Å². The Morgan fingerprint density at radius 1 is 1.35 bits per heavy atom. The number of carbonyl (C=O) groups excluding carboxylic acids is 1. The zero-order chi connectivity index (χ0) is 14.4. The van der Waals surface area contributed by atoms with Gasteiger partial charge >= 0.3 is 0 Å². The maximum atomic E-state index is 10.7. The summed E-state index contributed by atoms with van der Waals surface area (Å²) in [6.45, 7) is 3.56. The van der Waals surface area contributed by atoms with Crippen LogP contribution >= 0.6 is 11.3 Å². The average molecular weight is 293 g/mol. The number of primary amides is 1. The van der Waals surface area contributed by atoms with Crippen LogP contribution in [0.25, 0.3) is 10.2 Å². The van der Waals surface area contributed by atoms with E-state index in [0.29, 0.717) is 12.4 Å². The van der Waals surface area contributed by atoms with E-state index in [0.717, 1.165) is 42.0 Å². The van der Waals surface area contributed by atoms with Gasteiger partial charge in [0.15, 0.2) is 0 Å². The van der Waals surface area contributed by atoms with Crippen molar-refractivity contribution in [3.63, 3.8) is 0 Å². The van der Waals surface area contributed by atoms with Gasteiger partial charge in [-0.25, -0.2) is 4.98 Å². The Bertz CT molecular complexity index is 583. The second-order valence-electron chi connectivity index (χ2n) is 4.42. The lowest BCUT2D eigenvalue weighted by Gasteiger charge is -2.09. The second kappa shape index (κ2) is 7.04. The smallest absolute Gasteiger partial charge is 0.226 e. The molecule has 0 aromatic carbocycles. The van der Waals surface area contributed by atoms with E-state index in [1.165, 1.54) is 0 Å². The minimum Gasteiger partial charge on any atom is -0.370 e. The molecule has 0 aliphatic carbocycles. The van der Waals surface area contributed by atoms with E-state index in [-0.39, 0.29) is 5.91 Å². The summed E-state index contributed by atoms with van der Waals surface area (Å²) < 4.78 is 0. The fraction of sp³-hybridized carbons (Fsp3) is 0.462. The van der Waals surface area contributed by atoms with Gasteiger partial charge in [-0.15, -0.1) is 11.3 Å². The van der Waals surface area contributed by atoms with Gasteiger partial charge in [0.1, 0.15) is 10.6 Å². The van der Waals surface area contributed by atoms with Crippen LogP contribution in [0.1, 0.15) is 26.2 Å². The van der Waals surface area contributed by atoms with Crippen molar-refractivity contribution in [2.75, 3.05) is 23.7 Å². The van der Waals surface area contributed by atoms with Crippen LogP contribution in [-0.2, 0) is 4.79 Å². The van der Waals surface area contributed by atoms with Gasteiger partial charge in [0.25, 0.3) is 0 Å². The number of anilines is 2. The number of thiophene rings is 1. The largest absolute Gasteiger partial charge is 0.370 e. The van der Waals surface area contributed by atoms with Crippen molar-refractivity contribution < 1.29 is 4.79 Å². The van der Waals surface area contributed by atoms with Gasteiger partial charge in [-0.2, -0.15) is 4.98 Å². The van der Waals surface area contributed by atoms with Crippen LogP contribution in [0.2, 0.25) is 0 Å². The van der Waals surface area contributed by atoms with Crippen molar-refractivity contribution >= 4 is 39.2 Å². The molecule has 6 nitrogen and oxygen atoms in total. The van der Waals surface area contributed by atoms with Crippen molar-refractivity contribution in [2.45, 2.75) is 26.2 Å². The van der Waals surface area contributed by atoms with E-state index in [1.807, 2.05) is 18.4 Å². The van der Waals surface area contributed by atoms with Crippen LogP contribution in [0.15, 0.2) is 11.4 Å². The van der Waals surface area contributed by atoms with Gasteiger partial charge in [0.05, 0.1) is 5.39 Å². The predicted octanol–water partition coefficient (Wildman–Crippen LogP) is 2.19. The second-order valence-corrected chi connectivity index (χ2v) is 5.31. The lowest BCUT2D eigenvalue weighted by molar-refractivity contribution is -0.118. The molecule has 1 amide bonds. The highest BCUT2D eigenvalue weighted by Gasteiger charge is 2.08. The number of amides is 1. The number of carbonyl (C=O) groups is 1. The molecule has 2 heterocycles. The van der Waals surface area contributed by atoms with Gasteiger partial charge in [-0.3, -0.25) is 4.79 Å². The molecule has 20 heavy (non-hydrogen) atoms. The molecule has 0 aliphatic rings. The van der Waals surface area contributed by atoms with Crippen molar-refractivity contribution in [2.24, 2.45) is 5.73 Å². The number of hydrogen-bond donors (Lipinski definition) is 3. The number of nitrogens with two attached hydrogens (primary N) is 1. The number of unbranched alkanes of at least 4 members (excludes halogenated alkanes) is 1. The fourth-order valence-electron chi connectivity index (χ4n) is 1.86. The molecule has 0 saturated heterocycles. The summed E-state index contributed by atoms with van der Waals surface area (Å²) in [7, 11) is 0. The van der Waals surface area contributed by atoms with Crippen LogP contribution in [-0.4, -0.2) is 29.0 Å². The van der Waals surface area contributed by atoms with Crippen LogP contribution in [0, 0.1) is 0 Å². The van der Waals surface area contributed by atoms with E-state index in [4.69, 9.17) is 5.73 Å². The summed E-state index contributed by atoms with van der Waals surface area (Å²) in [5.74, 6) is 1.23. The van der Waals surface area contributed by atoms with Crippen molar-refractivity contribution in [1.29, 1.82) is 0 Å². The molecule has 0 aliphatic heterocycles. The van der Waals surface area contributed by atoms with Gasteiger partial charge in [-0.1, -0.05) is 0 Å². The first-order chi connectivity index (χ1) is 9.70. The van der Waals surface area contributed by atoms with Gasteiger partial charge in [0, 0.05) is 19.5 Å². The number of hydrogen-bond acceptors (Lipinski definition) is 6. The lowest BCUT2D eigenvalue weighted by Crippen LogP contribution is -2.11. The lowest BCUT2D eigenvalue weighted by atomic mass is 10.2. The van der Waals surface area contributed by atoms with Crippen LogP contribution in [0.4, 0.5) is 11.8 Å². The molecule has 0 saturated carbocycles. The first-order valence-electron chi connectivity index (χ1n) is 6.72. The predicted molar refractivity (Wildman–Crippen MR) is 83.1 cm³/mol. The van der Waals surface area contributed by atoms with Crippen molar-refractivity contribution in [3.8, 4) is 0 Å². The first-order valence-corrected chi connectivity index (χ1v) is 7.60. The quantitative estimate of drug-likeness (QED) is 0.649. The first kappa shape index (κ1) is 14.5. The monoisotopic (exact) mass is 293 g/mol. The molecule has 0 unspecified atom stereocenters. The van der Waals surface area contributed by atoms with Crippen LogP contribution in [0.5, 0.6) is 0 Å². The summed E-state index contributed by atoms with van der Waals surface area (Å²) in [6, 6.07) is 2.02. The molecule has 0 fully saturated rings. The zero-order valence-corrected chi connectivity index (χ0v) is 12.3. The third-order valence-electron chi connectivity index (χ3n) is 2.80. The summed E-state index contributed by atoms with van der Waals surface area (Å²) in [6.07, 6.45) is 2.11. The zero-order valence-electron chi connectivity index (χ0n) is 11.5. The van der Waals surface area contributed by atoms with Gasteiger partial charge in [0.2, 0.25) is 11.9 Å². The Hall–Kier alpha value is -1.89. The Balaban J connectivity index is 2.00. The van der Waals surface area contributed by atoms with E-state index < -0.39 is 0 Å². The summed E-state index contributed by atoms with van der Waals surface area (Å²) >= 11 is 1.60. The molecule has 2 aromatic heterocycles. The fourth-order valence-corrected chi connectivity index (χ4v) is 2.62. The number of nitrogens with one attached hydrogen (secondary N) is 2. The molecule has 2 rings (SSSR count). The molecule has 0 spiro atoms. The third kappa shape index (κ3) is 3.80. The molecule has 0 bridgehead atoms. The van der Waals surface area contributed by atoms with Crippen molar-refractivity contribution in [1.82, 2.24) is 9.97 Å². The molecule has 108 valence electrons. The maximum absolute atomic E-state index is 10.7. The average Bonchev–Trinajstić information content (AvgIpc) is 2.86. The number of aromatic nitrogens is 2. The Kier molecular flexibility index (Phi) is 5.11. The highest BCUT2D eigenvalue weighted by molar-refractivity contribution is 7.16.